The molecule has 0 spiro atoms. The normalized spacial score (nSPS) is 14.9. The molecule has 0 radical (unpaired) electrons. The van der Waals surface area contributed by atoms with Gasteiger partial charge in [0, 0.05) is 12.6 Å². The van der Waals surface area contributed by atoms with Crippen LogP contribution in [0.1, 0.15) is 57.2 Å². The van der Waals surface area contributed by atoms with Crippen molar-refractivity contribution < 1.29 is 5.11 Å². The quantitative estimate of drug-likeness (QED) is 0.793. The van der Waals surface area contributed by atoms with E-state index in [1.165, 1.54) is 11.1 Å². The maximum Gasteiger partial charge on any atom is 0.0662 e. The Morgan fingerprint density at radius 1 is 1.06 bits per heavy atom. The topological polar surface area (TPSA) is 32.3 Å². The van der Waals surface area contributed by atoms with Crippen LogP contribution in [0.25, 0.3) is 0 Å². The van der Waals surface area contributed by atoms with Crippen LogP contribution in [0.3, 0.4) is 0 Å². The van der Waals surface area contributed by atoms with Crippen molar-refractivity contribution in [3.63, 3.8) is 0 Å². The largest absolute Gasteiger partial charge is 0.392 e. The lowest BCUT2D eigenvalue weighted by atomic mass is 9.99. The molecule has 1 rings (SSSR count). The molecule has 0 fully saturated rings. The van der Waals surface area contributed by atoms with Crippen molar-refractivity contribution in [2.45, 2.75) is 52.2 Å². The van der Waals surface area contributed by atoms with E-state index < -0.39 is 0 Å². The van der Waals surface area contributed by atoms with Crippen LogP contribution in [-0.4, -0.2) is 17.8 Å². The van der Waals surface area contributed by atoms with Gasteiger partial charge in [-0.2, -0.15) is 0 Å². The third-order valence-electron chi connectivity index (χ3n) is 3.23. The van der Waals surface area contributed by atoms with Gasteiger partial charge in [-0.25, -0.2) is 0 Å². The first kappa shape index (κ1) is 14.2. The average Bonchev–Trinajstić information content (AvgIpc) is 2.35. The van der Waals surface area contributed by atoms with E-state index in [0.29, 0.717) is 12.5 Å². The van der Waals surface area contributed by atoms with E-state index in [-0.39, 0.29) is 12.1 Å². The van der Waals surface area contributed by atoms with Crippen LogP contribution in [0.4, 0.5) is 0 Å². The molecule has 2 heteroatoms. The first-order valence-corrected chi connectivity index (χ1v) is 6.55. The maximum atomic E-state index is 9.51. The van der Waals surface area contributed by atoms with Crippen LogP contribution < -0.4 is 5.32 Å². The lowest BCUT2D eigenvalue weighted by Gasteiger charge is -2.17. The number of hydrogen-bond donors (Lipinski definition) is 2. The Hall–Kier alpha value is -0.860. The zero-order chi connectivity index (χ0) is 12.8. The molecule has 96 valence electrons. The highest BCUT2D eigenvalue weighted by molar-refractivity contribution is 5.26. The molecular formula is C15H25NO. The molecule has 0 bridgehead atoms. The monoisotopic (exact) mass is 235 g/mol. The molecule has 2 atom stereocenters. The van der Waals surface area contributed by atoms with E-state index in [2.05, 4.69) is 50.4 Å². The summed E-state index contributed by atoms with van der Waals surface area (Å²) in [5, 5.41) is 12.9. The van der Waals surface area contributed by atoms with Gasteiger partial charge in [-0.3, -0.25) is 0 Å². The Morgan fingerprint density at radius 2 is 1.59 bits per heavy atom. The lowest BCUT2D eigenvalue weighted by Crippen LogP contribution is -2.28. The summed E-state index contributed by atoms with van der Waals surface area (Å²) in [6.45, 7) is 9.19. The van der Waals surface area contributed by atoms with E-state index in [4.69, 9.17) is 0 Å². The van der Waals surface area contributed by atoms with Gasteiger partial charge in [0.2, 0.25) is 0 Å². The van der Waals surface area contributed by atoms with Gasteiger partial charge >= 0.3 is 0 Å². The second kappa shape index (κ2) is 6.77. The lowest BCUT2D eigenvalue weighted by molar-refractivity contribution is 0.164. The Kier molecular flexibility index (Phi) is 5.66. The molecule has 0 saturated carbocycles. The van der Waals surface area contributed by atoms with Gasteiger partial charge in [0.1, 0.15) is 0 Å². The Bertz CT molecular complexity index is 318. The average molecular weight is 235 g/mol. The predicted molar refractivity (Wildman–Crippen MR) is 73.2 cm³/mol. The van der Waals surface area contributed by atoms with Gasteiger partial charge in [0.05, 0.1) is 6.10 Å². The van der Waals surface area contributed by atoms with Crippen LogP contribution in [0.2, 0.25) is 0 Å². The number of rotatable bonds is 6. The Balaban J connectivity index is 2.54. The summed E-state index contributed by atoms with van der Waals surface area (Å²) in [4.78, 5) is 0. The van der Waals surface area contributed by atoms with E-state index in [9.17, 15) is 5.11 Å². The Morgan fingerprint density at radius 3 is 2.06 bits per heavy atom. The zero-order valence-corrected chi connectivity index (χ0v) is 11.4. The fourth-order valence-electron chi connectivity index (χ4n) is 1.74. The van der Waals surface area contributed by atoms with Crippen molar-refractivity contribution in [3.05, 3.63) is 35.4 Å². The number of aliphatic hydroxyl groups is 1. The van der Waals surface area contributed by atoms with Crippen molar-refractivity contribution in [1.82, 2.24) is 5.32 Å². The highest BCUT2D eigenvalue weighted by atomic mass is 16.3. The molecule has 0 saturated heterocycles. The standard InChI is InChI=1S/C15H25NO/c1-5-15(17)10-16-12(4)14-8-6-13(7-9-14)11(2)3/h6-9,11-12,15-17H,5,10H2,1-4H3. The molecule has 0 aromatic heterocycles. The van der Waals surface area contributed by atoms with Gasteiger partial charge in [-0.1, -0.05) is 45.0 Å². The third-order valence-corrected chi connectivity index (χ3v) is 3.23. The van der Waals surface area contributed by atoms with Crippen LogP contribution >= 0.6 is 0 Å². The van der Waals surface area contributed by atoms with Crippen molar-refractivity contribution in [3.8, 4) is 0 Å². The molecule has 0 aliphatic heterocycles. The van der Waals surface area contributed by atoms with Crippen LogP contribution in [0.15, 0.2) is 24.3 Å². The highest BCUT2D eigenvalue weighted by Gasteiger charge is 2.07. The summed E-state index contributed by atoms with van der Waals surface area (Å²) in [6.07, 6.45) is 0.554. The summed E-state index contributed by atoms with van der Waals surface area (Å²) in [7, 11) is 0. The summed E-state index contributed by atoms with van der Waals surface area (Å²) in [6, 6.07) is 9.01. The maximum absolute atomic E-state index is 9.51. The van der Waals surface area contributed by atoms with Gasteiger partial charge in [-0.05, 0) is 30.4 Å². The summed E-state index contributed by atoms with van der Waals surface area (Å²) >= 11 is 0. The van der Waals surface area contributed by atoms with Crippen molar-refractivity contribution >= 4 is 0 Å². The van der Waals surface area contributed by atoms with Crippen LogP contribution in [-0.2, 0) is 0 Å². The number of nitrogens with one attached hydrogen (secondary N) is 1. The fraction of sp³-hybridized carbons (Fsp3) is 0.600. The summed E-state index contributed by atoms with van der Waals surface area (Å²) in [5.41, 5.74) is 2.65. The third kappa shape index (κ3) is 4.49. The number of hydrogen-bond acceptors (Lipinski definition) is 2. The fourth-order valence-corrected chi connectivity index (χ4v) is 1.74. The van der Waals surface area contributed by atoms with E-state index in [0.717, 1.165) is 6.42 Å². The Labute approximate surface area is 105 Å². The predicted octanol–water partition coefficient (Wildman–Crippen LogP) is 3.23. The molecule has 2 nitrogen and oxygen atoms in total. The number of benzene rings is 1. The van der Waals surface area contributed by atoms with E-state index in [1.807, 2.05) is 6.92 Å². The molecular weight excluding hydrogens is 210 g/mol. The van der Waals surface area contributed by atoms with Gasteiger partial charge < -0.3 is 10.4 Å². The molecule has 0 heterocycles. The molecule has 1 aromatic rings. The van der Waals surface area contributed by atoms with Gasteiger partial charge in [0.25, 0.3) is 0 Å². The smallest absolute Gasteiger partial charge is 0.0662 e. The minimum atomic E-state index is -0.243. The first-order valence-electron chi connectivity index (χ1n) is 6.55. The van der Waals surface area contributed by atoms with Crippen LogP contribution in [0.5, 0.6) is 0 Å². The molecule has 2 unspecified atom stereocenters. The molecule has 1 aromatic carbocycles. The van der Waals surface area contributed by atoms with Crippen molar-refractivity contribution in [2.24, 2.45) is 0 Å². The van der Waals surface area contributed by atoms with E-state index >= 15 is 0 Å². The molecule has 0 aliphatic carbocycles. The minimum Gasteiger partial charge on any atom is -0.392 e. The molecule has 0 amide bonds. The first-order chi connectivity index (χ1) is 8.04. The minimum absolute atomic E-state index is 0.243. The molecule has 17 heavy (non-hydrogen) atoms. The number of aliphatic hydroxyl groups excluding tert-OH is 1. The second-order valence-corrected chi connectivity index (χ2v) is 5.01. The SMILES string of the molecule is CCC(O)CNC(C)c1ccc(C(C)C)cc1. The van der Waals surface area contributed by atoms with Gasteiger partial charge in [-0.15, -0.1) is 0 Å². The summed E-state index contributed by atoms with van der Waals surface area (Å²) in [5.74, 6) is 0.578. The molecule has 2 N–H and O–H groups in total. The summed E-state index contributed by atoms with van der Waals surface area (Å²) < 4.78 is 0. The molecule has 0 aliphatic rings. The van der Waals surface area contributed by atoms with Crippen LogP contribution in [0, 0.1) is 0 Å². The van der Waals surface area contributed by atoms with E-state index in [1.54, 1.807) is 0 Å². The van der Waals surface area contributed by atoms with Crippen molar-refractivity contribution in [1.29, 1.82) is 0 Å². The highest BCUT2D eigenvalue weighted by Crippen LogP contribution is 2.18. The second-order valence-electron chi connectivity index (χ2n) is 5.01. The zero-order valence-electron chi connectivity index (χ0n) is 11.4. The van der Waals surface area contributed by atoms with Gasteiger partial charge in [0.15, 0.2) is 0 Å². The van der Waals surface area contributed by atoms with Crippen molar-refractivity contribution in [2.75, 3.05) is 6.54 Å².